The number of H-pyrrole nitrogens is 1. The van der Waals surface area contributed by atoms with Gasteiger partial charge in [-0.05, 0) is 52.2 Å². The quantitative estimate of drug-likeness (QED) is 0.554. The summed E-state index contributed by atoms with van der Waals surface area (Å²) in [6, 6.07) is 15.7. The molecule has 0 bridgehead atoms. The maximum absolute atomic E-state index is 12.1. The van der Waals surface area contributed by atoms with Crippen LogP contribution in [0.4, 0.5) is 5.69 Å². The van der Waals surface area contributed by atoms with Crippen molar-refractivity contribution < 1.29 is 4.79 Å². The SMILES string of the molecule is Cc1ccc(NC(=O)CSc2n[nH]c(/C=C/c3ccccc3)n2)c(Br)c1. The second kappa shape index (κ2) is 8.82. The summed E-state index contributed by atoms with van der Waals surface area (Å²) in [5.74, 6) is 0.781. The Morgan fingerprint density at radius 2 is 2.04 bits per heavy atom. The molecule has 0 aliphatic carbocycles. The second-order valence-electron chi connectivity index (χ2n) is 5.57. The average Bonchev–Trinajstić information content (AvgIpc) is 3.09. The van der Waals surface area contributed by atoms with Gasteiger partial charge in [0.05, 0.1) is 11.4 Å². The molecule has 1 heterocycles. The predicted molar refractivity (Wildman–Crippen MR) is 110 cm³/mol. The molecule has 1 aromatic heterocycles. The third-order valence-corrected chi connectivity index (χ3v) is 4.95. The first-order chi connectivity index (χ1) is 12.6. The highest BCUT2D eigenvalue weighted by atomic mass is 79.9. The normalized spacial score (nSPS) is 11.0. The van der Waals surface area contributed by atoms with Gasteiger partial charge in [-0.15, -0.1) is 5.10 Å². The van der Waals surface area contributed by atoms with Gasteiger partial charge in [-0.1, -0.05) is 54.2 Å². The Balaban J connectivity index is 1.53. The number of aromatic amines is 1. The van der Waals surface area contributed by atoms with Crippen LogP contribution in [-0.4, -0.2) is 26.8 Å². The van der Waals surface area contributed by atoms with Crippen molar-refractivity contribution >= 4 is 51.4 Å². The number of anilines is 1. The van der Waals surface area contributed by atoms with Gasteiger partial charge in [-0.25, -0.2) is 4.98 Å². The van der Waals surface area contributed by atoms with Crippen molar-refractivity contribution in [1.29, 1.82) is 0 Å². The Kier molecular flexibility index (Phi) is 6.25. The topological polar surface area (TPSA) is 70.7 Å². The third-order valence-electron chi connectivity index (χ3n) is 3.45. The van der Waals surface area contributed by atoms with E-state index in [0.717, 1.165) is 21.3 Å². The first-order valence-corrected chi connectivity index (χ1v) is 9.72. The van der Waals surface area contributed by atoms with Gasteiger partial charge in [0.15, 0.2) is 0 Å². The molecule has 2 aromatic carbocycles. The third kappa shape index (κ3) is 5.31. The van der Waals surface area contributed by atoms with Gasteiger partial charge in [-0.3, -0.25) is 9.89 Å². The summed E-state index contributed by atoms with van der Waals surface area (Å²) in [7, 11) is 0. The number of hydrogen-bond donors (Lipinski definition) is 2. The molecular formula is C19H17BrN4OS. The van der Waals surface area contributed by atoms with E-state index >= 15 is 0 Å². The molecule has 0 saturated heterocycles. The number of hydrogen-bond acceptors (Lipinski definition) is 4. The van der Waals surface area contributed by atoms with E-state index in [9.17, 15) is 4.79 Å². The number of benzene rings is 2. The van der Waals surface area contributed by atoms with Crippen molar-refractivity contribution in [2.45, 2.75) is 12.1 Å². The minimum absolute atomic E-state index is 0.106. The van der Waals surface area contributed by atoms with Crippen LogP contribution in [0, 0.1) is 6.92 Å². The summed E-state index contributed by atoms with van der Waals surface area (Å²) in [6.45, 7) is 2.00. The molecule has 0 saturated carbocycles. The van der Waals surface area contributed by atoms with Crippen LogP contribution < -0.4 is 5.32 Å². The molecule has 132 valence electrons. The van der Waals surface area contributed by atoms with E-state index in [0.29, 0.717) is 11.0 Å². The molecule has 3 aromatic rings. The van der Waals surface area contributed by atoms with Gasteiger partial charge in [0.2, 0.25) is 11.1 Å². The minimum Gasteiger partial charge on any atom is -0.324 e. The molecule has 3 rings (SSSR count). The fraction of sp³-hybridized carbons (Fsp3) is 0.105. The molecular weight excluding hydrogens is 412 g/mol. The van der Waals surface area contributed by atoms with Gasteiger partial charge < -0.3 is 5.32 Å². The van der Waals surface area contributed by atoms with E-state index in [4.69, 9.17) is 0 Å². The number of carbonyl (C=O) groups is 1. The lowest BCUT2D eigenvalue weighted by atomic mass is 10.2. The zero-order chi connectivity index (χ0) is 18.4. The molecule has 0 radical (unpaired) electrons. The molecule has 0 spiro atoms. The lowest BCUT2D eigenvalue weighted by Gasteiger charge is -2.07. The van der Waals surface area contributed by atoms with Gasteiger partial charge in [0, 0.05) is 4.47 Å². The Morgan fingerprint density at radius 3 is 2.81 bits per heavy atom. The number of nitrogens with zero attached hydrogens (tertiary/aromatic N) is 2. The lowest BCUT2D eigenvalue weighted by molar-refractivity contribution is -0.113. The van der Waals surface area contributed by atoms with Crippen LogP contribution in [0.3, 0.4) is 0 Å². The molecule has 0 fully saturated rings. The standard InChI is InChI=1S/C19H17BrN4OS/c1-13-7-9-16(15(20)11-13)21-18(25)12-26-19-22-17(23-24-19)10-8-14-5-3-2-4-6-14/h2-11H,12H2,1H3,(H,21,25)(H,22,23,24)/b10-8+. The van der Waals surface area contributed by atoms with Crippen LogP contribution in [0.25, 0.3) is 12.2 Å². The molecule has 0 atom stereocenters. The van der Waals surface area contributed by atoms with E-state index in [1.54, 1.807) is 0 Å². The highest BCUT2D eigenvalue weighted by Gasteiger charge is 2.09. The van der Waals surface area contributed by atoms with Crippen molar-refractivity contribution in [3.63, 3.8) is 0 Å². The number of aryl methyl sites for hydroxylation is 1. The highest BCUT2D eigenvalue weighted by Crippen LogP contribution is 2.24. The van der Waals surface area contributed by atoms with Crippen molar-refractivity contribution in [3.05, 3.63) is 70.0 Å². The summed E-state index contributed by atoms with van der Waals surface area (Å²) in [4.78, 5) is 16.5. The van der Waals surface area contributed by atoms with E-state index in [-0.39, 0.29) is 11.7 Å². The maximum atomic E-state index is 12.1. The molecule has 0 aliphatic heterocycles. The lowest BCUT2D eigenvalue weighted by Crippen LogP contribution is -2.14. The van der Waals surface area contributed by atoms with Crippen LogP contribution >= 0.6 is 27.7 Å². The number of carbonyl (C=O) groups excluding carboxylic acids is 1. The van der Waals surface area contributed by atoms with E-state index < -0.39 is 0 Å². The van der Waals surface area contributed by atoms with Crippen LogP contribution in [0.2, 0.25) is 0 Å². The largest absolute Gasteiger partial charge is 0.324 e. The molecule has 2 N–H and O–H groups in total. The van der Waals surface area contributed by atoms with Crippen molar-refractivity contribution in [2.75, 3.05) is 11.1 Å². The van der Waals surface area contributed by atoms with Crippen LogP contribution in [0.15, 0.2) is 58.2 Å². The number of rotatable bonds is 6. The summed E-state index contributed by atoms with van der Waals surface area (Å²) in [5, 5.41) is 10.4. The monoisotopic (exact) mass is 428 g/mol. The number of halogens is 1. The van der Waals surface area contributed by atoms with Crippen LogP contribution in [-0.2, 0) is 4.79 Å². The smallest absolute Gasteiger partial charge is 0.234 e. The average molecular weight is 429 g/mol. The minimum atomic E-state index is -0.106. The first kappa shape index (κ1) is 18.4. The zero-order valence-corrected chi connectivity index (χ0v) is 16.5. The summed E-state index contributed by atoms with van der Waals surface area (Å²) in [6.07, 6.45) is 3.81. The second-order valence-corrected chi connectivity index (χ2v) is 7.36. The maximum Gasteiger partial charge on any atom is 0.234 e. The summed E-state index contributed by atoms with van der Waals surface area (Å²) < 4.78 is 0.863. The number of thioether (sulfide) groups is 1. The van der Waals surface area contributed by atoms with E-state index in [1.165, 1.54) is 11.8 Å². The van der Waals surface area contributed by atoms with Crippen molar-refractivity contribution in [1.82, 2.24) is 15.2 Å². The zero-order valence-electron chi connectivity index (χ0n) is 14.1. The first-order valence-electron chi connectivity index (χ1n) is 7.94. The molecule has 7 heteroatoms. The van der Waals surface area contributed by atoms with Gasteiger partial charge >= 0.3 is 0 Å². The van der Waals surface area contributed by atoms with Gasteiger partial charge in [-0.2, -0.15) is 0 Å². The number of amides is 1. The van der Waals surface area contributed by atoms with Gasteiger partial charge in [0.25, 0.3) is 0 Å². The number of aromatic nitrogens is 3. The van der Waals surface area contributed by atoms with E-state index in [2.05, 4.69) is 36.4 Å². The van der Waals surface area contributed by atoms with Crippen molar-refractivity contribution in [2.24, 2.45) is 0 Å². The molecule has 1 amide bonds. The van der Waals surface area contributed by atoms with E-state index in [1.807, 2.05) is 67.6 Å². The summed E-state index contributed by atoms with van der Waals surface area (Å²) in [5.41, 5.74) is 2.96. The van der Waals surface area contributed by atoms with Crippen LogP contribution in [0.5, 0.6) is 0 Å². The van der Waals surface area contributed by atoms with Crippen molar-refractivity contribution in [3.8, 4) is 0 Å². The molecule has 26 heavy (non-hydrogen) atoms. The molecule has 0 unspecified atom stereocenters. The Morgan fingerprint density at radius 1 is 1.23 bits per heavy atom. The molecule has 0 aliphatic rings. The predicted octanol–water partition coefficient (Wildman–Crippen LogP) is 4.78. The Labute approximate surface area is 164 Å². The fourth-order valence-corrected chi connectivity index (χ4v) is 3.37. The van der Waals surface area contributed by atoms with Gasteiger partial charge in [0.1, 0.15) is 5.82 Å². The Hall–Kier alpha value is -2.38. The highest BCUT2D eigenvalue weighted by molar-refractivity contribution is 9.10. The van der Waals surface area contributed by atoms with Crippen LogP contribution in [0.1, 0.15) is 17.0 Å². The number of nitrogens with one attached hydrogen (secondary N) is 2. The molecule has 5 nitrogen and oxygen atoms in total. The summed E-state index contributed by atoms with van der Waals surface area (Å²) >= 11 is 4.74. The Bertz CT molecular complexity index is 924. The fourth-order valence-electron chi connectivity index (χ4n) is 2.17.